The van der Waals surface area contributed by atoms with E-state index in [-0.39, 0.29) is 5.91 Å². The zero-order valence-corrected chi connectivity index (χ0v) is 13.4. The second-order valence-corrected chi connectivity index (χ2v) is 5.47. The van der Waals surface area contributed by atoms with Gasteiger partial charge in [0.15, 0.2) is 12.1 Å². The van der Waals surface area contributed by atoms with Gasteiger partial charge in [-0.05, 0) is 30.7 Å². The van der Waals surface area contributed by atoms with Crippen LogP contribution in [-0.4, -0.2) is 25.1 Å². The van der Waals surface area contributed by atoms with E-state index >= 15 is 0 Å². The number of anilines is 2. The number of esters is 1. The number of benzene rings is 2. The normalized spacial score (nSPS) is 17.1. The number of carbonyl (C=O) groups is 2. The quantitative estimate of drug-likeness (QED) is 0.845. The maximum atomic E-state index is 12.1. The fourth-order valence-electron chi connectivity index (χ4n) is 2.51. The van der Waals surface area contributed by atoms with E-state index in [2.05, 4.69) is 10.6 Å². The van der Waals surface area contributed by atoms with E-state index < -0.39 is 18.1 Å². The lowest BCUT2D eigenvalue weighted by atomic mass is 10.1. The van der Waals surface area contributed by atoms with Gasteiger partial charge in [0.05, 0.1) is 12.8 Å². The first kappa shape index (κ1) is 15.9. The topological polar surface area (TPSA) is 76.7 Å². The van der Waals surface area contributed by atoms with Gasteiger partial charge in [-0.2, -0.15) is 0 Å². The molecule has 0 saturated carbocycles. The van der Waals surface area contributed by atoms with Crippen LogP contribution in [-0.2, 0) is 14.3 Å². The molecule has 124 valence electrons. The lowest BCUT2D eigenvalue weighted by molar-refractivity contribution is -0.141. The highest BCUT2D eigenvalue weighted by molar-refractivity contribution is 5.98. The molecule has 24 heavy (non-hydrogen) atoms. The number of rotatable bonds is 4. The van der Waals surface area contributed by atoms with Crippen LogP contribution in [0.3, 0.4) is 0 Å². The molecule has 0 saturated heterocycles. The summed E-state index contributed by atoms with van der Waals surface area (Å²) in [6.45, 7) is 1.69. The number of ether oxygens (including phenoxy) is 2. The molecule has 0 aromatic heterocycles. The van der Waals surface area contributed by atoms with Crippen molar-refractivity contribution < 1.29 is 19.1 Å². The Labute approximate surface area is 139 Å². The molecule has 0 aliphatic carbocycles. The van der Waals surface area contributed by atoms with Crippen molar-refractivity contribution in [3.05, 3.63) is 54.1 Å². The summed E-state index contributed by atoms with van der Waals surface area (Å²) in [6, 6.07) is 13.9. The molecule has 0 unspecified atom stereocenters. The van der Waals surface area contributed by atoms with Crippen molar-refractivity contribution in [3.63, 3.8) is 0 Å². The van der Waals surface area contributed by atoms with Crippen molar-refractivity contribution in [1.29, 1.82) is 0 Å². The number of fused-ring (bicyclic) bond motifs is 1. The van der Waals surface area contributed by atoms with E-state index in [1.165, 1.54) is 7.11 Å². The summed E-state index contributed by atoms with van der Waals surface area (Å²) in [5, 5.41) is 5.93. The Morgan fingerprint density at radius 2 is 2.00 bits per heavy atom. The van der Waals surface area contributed by atoms with Gasteiger partial charge in [0.2, 0.25) is 0 Å². The van der Waals surface area contributed by atoms with Gasteiger partial charge >= 0.3 is 5.97 Å². The van der Waals surface area contributed by atoms with Crippen molar-refractivity contribution in [2.24, 2.45) is 0 Å². The van der Waals surface area contributed by atoms with Crippen LogP contribution >= 0.6 is 0 Å². The zero-order chi connectivity index (χ0) is 17.1. The lowest BCUT2D eigenvalue weighted by Crippen LogP contribution is -2.34. The molecule has 2 aromatic carbocycles. The van der Waals surface area contributed by atoms with Crippen LogP contribution in [0.1, 0.15) is 18.5 Å². The Morgan fingerprint density at radius 3 is 2.71 bits per heavy atom. The summed E-state index contributed by atoms with van der Waals surface area (Å²) in [7, 11) is 1.35. The van der Waals surface area contributed by atoms with Crippen LogP contribution in [0.5, 0.6) is 5.75 Å². The average molecular weight is 326 g/mol. The molecule has 0 fully saturated rings. The molecule has 6 heteroatoms. The van der Waals surface area contributed by atoms with Crippen LogP contribution in [0.15, 0.2) is 48.5 Å². The first-order chi connectivity index (χ1) is 11.6. The van der Waals surface area contributed by atoms with Crippen LogP contribution in [0.4, 0.5) is 11.4 Å². The molecule has 1 aliphatic rings. The predicted molar refractivity (Wildman–Crippen MR) is 90.0 cm³/mol. The highest BCUT2D eigenvalue weighted by atomic mass is 16.5. The third kappa shape index (κ3) is 3.17. The largest absolute Gasteiger partial charge is 0.479 e. The molecule has 0 bridgehead atoms. The Hall–Kier alpha value is -3.02. The van der Waals surface area contributed by atoms with E-state index in [0.29, 0.717) is 17.1 Å². The number of amides is 1. The zero-order valence-electron chi connectivity index (χ0n) is 13.4. The first-order valence-corrected chi connectivity index (χ1v) is 7.59. The molecule has 2 N–H and O–H groups in total. The van der Waals surface area contributed by atoms with Crippen molar-refractivity contribution in [3.8, 4) is 5.75 Å². The van der Waals surface area contributed by atoms with E-state index in [4.69, 9.17) is 9.47 Å². The van der Waals surface area contributed by atoms with Crippen molar-refractivity contribution >= 4 is 23.3 Å². The van der Waals surface area contributed by atoms with Crippen LogP contribution in [0, 0.1) is 0 Å². The third-order valence-electron chi connectivity index (χ3n) is 3.79. The summed E-state index contributed by atoms with van der Waals surface area (Å²) >= 11 is 0. The number of carbonyl (C=O) groups excluding carboxylic acids is 2. The average Bonchev–Trinajstić information content (AvgIpc) is 2.61. The summed E-state index contributed by atoms with van der Waals surface area (Å²) in [6.07, 6.45) is -0.525. The second kappa shape index (κ2) is 6.62. The molecule has 2 aromatic rings. The van der Waals surface area contributed by atoms with E-state index in [0.717, 1.165) is 5.56 Å². The lowest BCUT2D eigenvalue weighted by Gasteiger charge is -2.24. The molecule has 6 nitrogen and oxygen atoms in total. The minimum atomic E-state index is -0.645. The molecule has 0 radical (unpaired) electrons. The number of methoxy groups -OCH3 is 1. The SMILES string of the molecule is COC(=O)[C@@H](Nc1ccc2c(c1)NC(=O)[C@H](C)O2)c1ccccc1. The van der Waals surface area contributed by atoms with Gasteiger partial charge in [0.1, 0.15) is 5.75 Å². The summed E-state index contributed by atoms with van der Waals surface area (Å²) in [4.78, 5) is 23.9. The maximum absolute atomic E-state index is 12.1. The van der Waals surface area contributed by atoms with Gasteiger partial charge in [0.25, 0.3) is 5.91 Å². The van der Waals surface area contributed by atoms with Gasteiger partial charge in [-0.3, -0.25) is 4.79 Å². The van der Waals surface area contributed by atoms with Gasteiger partial charge in [0, 0.05) is 5.69 Å². The summed E-state index contributed by atoms with van der Waals surface area (Å²) < 4.78 is 10.4. The fraction of sp³-hybridized carbons (Fsp3) is 0.222. The minimum absolute atomic E-state index is 0.202. The number of hydrogen-bond acceptors (Lipinski definition) is 5. The van der Waals surface area contributed by atoms with Crippen LogP contribution < -0.4 is 15.4 Å². The monoisotopic (exact) mass is 326 g/mol. The van der Waals surface area contributed by atoms with Crippen molar-refractivity contribution in [1.82, 2.24) is 0 Å². The molecular formula is C18H18N2O4. The van der Waals surface area contributed by atoms with E-state index in [1.54, 1.807) is 25.1 Å². The second-order valence-electron chi connectivity index (χ2n) is 5.47. The smallest absolute Gasteiger partial charge is 0.332 e. The Kier molecular flexibility index (Phi) is 4.37. The Balaban J connectivity index is 1.87. The standard InChI is InChI=1S/C18H18N2O4/c1-11-17(21)20-14-10-13(8-9-15(14)24-11)19-16(18(22)23-2)12-6-4-3-5-7-12/h3-11,16,19H,1-2H3,(H,20,21)/t11-,16-/m0/s1. The highest BCUT2D eigenvalue weighted by Gasteiger charge is 2.25. The first-order valence-electron chi connectivity index (χ1n) is 7.59. The predicted octanol–water partition coefficient (Wildman–Crippen LogP) is 2.73. The Morgan fingerprint density at radius 1 is 1.25 bits per heavy atom. The number of nitrogens with one attached hydrogen (secondary N) is 2. The Bertz CT molecular complexity index is 761. The van der Waals surface area contributed by atoms with E-state index in [9.17, 15) is 9.59 Å². The van der Waals surface area contributed by atoms with Crippen molar-refractivity contribution in [2.75, 3.05) is 17.7 Å². The fourth-order valence-corrected chi connectivity index (χ4v) is 2.51. The molecule has 1 aliphatic heterocycles. The number of hydrogen-bond donors (Lipinski definition) is 2. The van der Waals surface area contributed by atoms with Crippen LogP contribution in [0.25, 0.3) is 0 Å². The van der Waals surface area contributed by atoms with Gasteiger partial charge < -0.3 is 20.1 Å². The molecule has 2 atom stereocenters. The van der Waals surface area contributed by atoms with E-state index in [1.807, 2.05) is 30.3 Å². The summed E-state index contributed by atoms with van der Waals surface area (Å²) in [5.74, 6) is 0.00188. The summed E-state index contributed by atoms with van der Waals surface area (Å²) in [5.41, 5.74) is 2.03. The maximum Gasteiger partial charge on any atom is 0.332 e. The van der Waals surface area contributed by atoms with Crippen molar-refractivity contribution in [2.45, 2.75) is 19.1 Å². The molecule has 1 heterocycles. The van der Waals surface area contributed by atoms with Gasteiger partial charge in [-0.1, -0.05) is 30.3 Å². The van der Waals surface area contributed by atoms with Gasteiger partial charge in [-0.15, -0.1) is 0 Å². The molecule has 3 rings (SSSR count). The molecule has 1 amide bonds. The third-order valence-corrected chi connectivity index (χ3v) is 3.79. The molecular weight excluding hydrogens is 308 g/mol. The van der Waals surface area contributed by atoms with Crippen LogP contribution in [0.2, 0.25) is 0 Å². The van der Waals surface area contributed by atoms with Gasteiger partial charge in [-0.25, -0.2) is 4.79 Å². The highest BCUT2D eigenvalue weighted by Crippen LogP contribution is 2.33. The minimum Gasteiger partial charge on any atom is -0.479 e. The molecule has 0 spiro atoms.